The third-order valence-electron chi connectivity index (χ3n) is 3.88. The smallest absolute Gasteiger partial charge is 0.171 e. The van der Waals surface area contributed by atoms with E-state index >= 15 is 0 Å². The molecule has 1 heterocycles. The van der Waals surface area contributed by atoms with Crippen LogP contribution in [0, 0.1) is 5.82 Å². The number of rotatable bonds is 4. The van der Waals surface area contributed by atoms with Gasteiger partial charge in [0.15, 0.2) is 5.78 Å². The number of aromatic nitrogens is 2. The zero-order valence-electron chi connectivity index (χ0n) is 11.3. The molecule has 0 unspecified atom stereocenters. The van der Waals surface area contributed by atoms with Crippen molar-refractivity contribution in [1.82, 2.24) is 9.78 Å². The molecule has 0 N–H and O–H groups in total. The summed E-state index contributed by atoms with van der Waals surface area (Å²) in [5.41, 5.74) is 0.855. The highest BCUT2D eigenvalue weighted by Gasteiger charge is 2.18. The van der Waals surface area contributed by atoms with Crippen LogP contribution in [0.5, 0.6) is 0 Å². The summed E-state index contributed by atoms with van der Waals surface area (Å²) in [6, 6.07) is 8.41. The third kappa shape index (κ3) is 2.64. The van der Waals surface area contributed by atoms with Gasteiger partial charge in [-0.2, -0.15) is 5.10 Å². The second-order valence-corrected chi connectivity index (χ2v) is 5.31. The average molecular weight is 272 g/mol. The Bertz CT molecular complexity index is 614. The maximum atomic E-state index is 13.5. The van der Waals surface area contributed by atoms with Crippen LogP contribution in [-0.2, 0) is 6.42 Å². The van der Waals surface area contributed by atoms with Crippen molar-refractivity contribution in [2.24, 2.45) is 0 Å². The normalized spacial score (nSPS) is 15.7. The highest BCUT2D eigenvalue weighted by Crippen LogP contribution is 2.28. The van der Waals surface area contributed by atoms with Crippen LogP contribution in [0.4, 0.5) is 4.39 Å². The molecular formula is C16H17FN2O. The molecule has 20 heavy (non-hydrogen) atoms. The van der Waals surface area contributed by atoms with Crippen LogP contribution in [0.15, 0.2) is 36.5 Å². The number of hydrogen-bond acceptors (Lipinski definition) is 2. The summed E-state index contributed by atoms with van der Waals surface area (Å²) in [6.45, 7) is 0. The van der Waals surface area contributed by atoms with Gasteiger partial charge < -0.3 is 0 Å². The SMILES string of the molecule is O=C(Cc1ccn(C2CCCC2)n1)c1ccccc1F. The van der Waals surface area contributed by atoms with E-state index in [1.807, 2.05) is 16.9 Å². The first kappa shape index (κ1) is 13.0. The standard InChI is InChI=1S/C16H17FN2O/c17-15-8-4-3-7-14(15)16(20)11-12-9-10-19(18-12)13-5-1-2-6-13/h3-4,7-10,13H,1-2,5-6,11H2. The lowest BCUT2D eigenvalue weighted by atomic mass is 10.1. The van der Waals surface area contributed by atoms with Gasteiger partial charge >= 0.3 is 0 Å². The van der Waals surface area contributed by atoms with E-state index in [0.717, 1.165) is 12.8 Å². The maximum Gasteiger partial charge on any atom is 0.171 e. The lowest BCUT2D eigenvalue weighted by Gasteiger charge is -2.08. The molecule has 1 fully saturated rings. The molecule has 1 aromatic carbocycles. The van der Waals surface area contributed by atoms with Crippen molar-refractivity contribution in [2.75, 3.05) is 0 Å². The van der Waals surface area contributed by atoms with Gasteiger partial charge in [-0.05, 0) is 31.0 Å². The monoisotopic (exact) mass is 272 g/mol. The summed E-state index contributed by atoms with van der Waals surface area (Å²) in [5, 5.41) is 4.46. The Labute approximate surface area is 117 Å². The molecule has 0 bridgehead atoms. The van der Waals surface area contributed by atoms with Crippen LogP contribution in [-0.4, -0.2) is 15.6 Å². The minimum Gasteiger partial charge on any atom is -0.294 e. The fraction of sp³-hybridized carbons (Fsp3) is 0.375. The lowest BCUT2D eigenvalue weighted by Crippen LogP contribution is -2.09. The molecule has 4 heteroatoms. The van der Waals surface area contributed by atoms with Gasteiger partial charge in [0, 0.05) is 6.20 Å². The van der Waals surface area contributed by atoms with Crippen LogP contribution in [0.25, 0.3) is 0 Å². The van der Waals surface area contributed by atoms with E-state index in [2.05, 4.69) is 5.10 Å². The summed E-state index contributed by atoms with van der Waals surface area (Å²) in [5.74, 6) is -0.688. The predicted molar refractivity (Wildman–Crippen MR) is 74.2 cm³/mol. The van der Waals surface area contributed by atoms with E-state index in [1.54, 1.807) is 12.1 Å². The summed E-state index contributed by atoms with van der Waals surface area (Å²) in [6.07, 6.45) is 6.88. The largest absolute Gasteiger partial charge is 0.294 e. The van der Waals surface area contributed by atoms with E-state index in [9.17, 15) is 9.18 Å². The Hall–Kier alpha value is -1.97. The molecule has 0 radical (unpaired) electrons. The average Bonchev–Trinajstić information content (AvgIpc) is 3.09. The number of carbonyl (C=O) groups excluding carboxylic acids is 1. The van der Waals surface area contributed by atoms with Crippen molar-refractivity contribution in [3.8, 4) is 0 Å². The first-order valence-electron chi connectivity index (χ1n) is 7.06. The molecule has 3 rings (SSSR count). The summed E-state index contributed by atoms with van der Waals surface area (Å²) in [7, 11) is 0. The number of Topliss-reactive ketones (excluding diaryl/α,β-unsaturated/α-hetero) is 1. The molecule has 1 aromatic heterocycles. The Morgan fingerprint density at radius 2 is 2.00 bits per heavy atom. The fourth-order valence-electron chi connectivity index (χ4n) is 2.79. The van der Waals surface area contributed by atoms with Gasteiger partial charge in [0.2, 0.25) is 0 Å². The first-order chi connectivity index (χ1) is 9.74. The number of benzene rings is 1. The van der Waals surface area contributed by atoms with Gasteiger partial charge in [0.05, 0.1) is 23.7 Å². The molecule has 3 nitrogen and oxygen atoms in total. The van der Waals surface area contributed by atoms with Crippen molar-refractivity contribution in [3.05, 3.63) is 53.6 Å². The predicted octanol–water partition coefficient (Wildman–Crippen LogP) is 3.56. The highest BCUT2D eigenvalue weighted by molar-refractivity contribution is 5.97. The number of ketones is 1. The maximum absolute atomic E-state index is 13.5. The van der Waals surface area contributed by atoms with Crippen molar-refractivity contribution in [1.29, 1.82) is 0 Å². The number of halogens is 1. The molecular weight excluding hydrogens is 255 g/mol. The summed E-state index contributed by atoms with van der Waals surface area (Å²) < 4.78 is 15.5. The van der Waals surface area contributed by atoms with Crippen LogP contribution in [0.2, 0.25) is 0 Å². The molecule has 1 aliphatic rings. The zero-order chi connectivity index (χ0) is 13.9. The number of nitrogens with zero attached hydrogens (tertiary/aromatic N) is 2. The van der Waals surface area contributed by atoms with E-state index in [4.69, 9.17) is 0 Å². The minimum absolute atomic E-state index is 0.142. The van der Waals surface area contributed by atoms with Gasteiger partial charge in [-0.3, -0.25) is 9.48 Å². The first-order valence-corrected chi connectivity index (χ1v) is 7.06. The molecule has 0 atom stereocenters. The Morgan fingerprint density at radius 3 is 2.75 bits per heavy atom. The Morgan fingerprint density at radius 1 is 1.25 bits per heavy atom. The Balaban J connectivity index is 1.72. The second kappa shape index (κ2) is 5.57. The lowest BCUT2D eigenvalue weighted by molar-refractivity contribution is 0.0988. The molecule has 0 aliphatic heterocycles. The van der Waals surface area contributed by atoms with E-state index < -0.39 is 5.82 Å². The van der Waals surface area contributed by atoms with Crippen LogP contribution < -0.4 is 0 Å². The quantitative estimate of drug-likeness (QED) is 0.798. The molecule has 2 aromatic rings. The molecule has 0 spiro atoms. The highest BCUT2D eigenvalue weighted by atomic mass is 19.1. The van der Waals surface area contributed by atoms with Crippen molar-refractivity contribution < 1.29 is 9.18 Å². The van der Waals surface area contributed by atoms with Crippen molar-refractivity contribution in [3.63, 3.8) is 0 Å². The van der Waals surface area contributed by atoms with E-state index in [1.165, 1.54) is 25.0 Å². The molecule has 104 valence electrons. The summed E-state index contributed by atoms with van der Waals surface area (Å²) in [4.78, 5) is 12.1. The molecule has 0 saturated heterocycles. The van der Waals surface area contributed by atoms with Crippen LogP contribution in [0.3, 0.4) is 0 Å². The van der Waals surface area contributed by atoms with Crippen molar-refractivity contribution >= 4 is 5.78 Å². The van der Waals surface area contributed by atoms with Crippen LogP contribution in [0.1, 0.15) is 47.8 Å². The topological polar surface area (TPSA) is 34.9 Å². The second-order valence-electron chi connectivity index (χ2n) is 5.31. The molecule has 1 saturated carbocycles. The third-order valence-corrected chi connectivity index (χ3v) is 3.88. The summed E-state index contributed by atoms with van der Waals surface area (Å²) >= 11 is 0. The van der Waals surface area contributed by atoms with Gasteiger partial charge in [-0.1, -0.05) is 25.0 Å². The minimum atomic E-state index is -0.465. The fourth-order valence-corrected chi connectivity index (χ4v) is 2.79. The Kier molecular flexibility index (Phi) is 3.63. The van der Waals surface area contributed by atoms with Crippen molar-refractivity contribution in [2.45, 2.75) is 38.1 Å². The number of hydrogen-bond donors (Lipinski definition) is 0. The molecule has 0 amide bonds. The van der Waals surface area contributed by atoms with Crippen LogP contribution >= 0.6 is 0 Å². The van der Waals surface area contributed by atoms with Gasteiger partial charge in [-0.25, -0.2) is 4.39 Å². The van der Waals surface area contributed by atoms with Gasteiger partial charge in [0.25, 0.3) is 0 Å². The zero-order valence-corrected chi connectivity index (χ0v) is 11.3. The number of carbonyl (C=O) groups is 1. The van der Waals surface area contributed by atoms with Gasteiger partial charge in [-0.15, -0.1) is 0 Å². The van der Waals surface area contributed by atoms with E-state index in [-0.39, 0.29) is 17.8 Å². The van der Waals surface area contributed by atoms with Gasteiger partial charge in [0.1, 0.15) is 5.82 Å². The molecule has 1 aliphatic carbocycles. The van der Waals surface area contributed by atoms with E-state index in [0.29, 0.717) is 11.7 Å².